The normalized spacial score (nSPS) is 16.1. The number of ether oxygens (including phenoxy) is 1. The van der Waals surface area contributed by atoms with E-state index in [4.69, 9.17) is 12.8 Å². The number of nitrogens with zero attached hydrogens (tertiary/aromatic N) is 3. The van der Waals surface area contributed by atoms with E-state index in [0.717, 1.165) is 19.6 Å². The molecule has 0 spiro atoms. The Labute approximate surface area is 295 Å². The van der Waals surface area contributed by atoms with Crippen LogP contribution in [-0.4, -0.2) is 92.8 Å². The number of rotatable bonds is 10. The molecule has 2 aliphatic rings. The summed E-state index contributed by atoms with van der Waals surface area (Å²) in [4.78, 5) is 32.7. The van der Waals surface area contributed by atoms with Crippen LogP contribution in [0.25, 0.3) is 11.0 Å². The van der Waals surface area contributed by atoms with Gasteiger partial charge in [-0.2, -0.15) is 26.0 Å². The quantitative estimate of drug-likeness (QED) is 0.208. The van der Waals surface area contributed by atoms with E-state index >= 15 is 0 Å². The van der Waals surface area contributed by atoms with Crippen molar-refractivity contribution in [1.82, 2.24) is 20.0 Å². The summed E-state index contributed by atoms with van der Waals surface area (Å²) in [7, 11) is 0. The predicted molar refractivity (Wildman–Crippen MR) is 181 cm³/mol. The molecule has 51 heavy (non-hydrogen) atoms. The van der Waals surface area contributed by atoms with Gasteiger partial charge in [0.25, 0.3) is 11.8 Å². The first kappa shape index (κ1) is 37.7. The van der Waals surface area contributed by atoms with Crippen LogP contribution in [-0.2, 0) is 24.7 Å². The molecule has 10 nitrogen and oxygen atoms in total. The van der Waals surface area contributed by atoms with Crippen LogP contribution in [0.4, 0.5) is 17.6 Å². The third-order valence-electron chi connectivity index (χ3n) is 8.91. The second-order valence-corrected chi connectivity index (χ2v) is 12.8. The fourth-order valence-corrected chi connectivity index (χ4v) is 6.19. The molecule has 3 aromatic carbocycles. The molecular formula is C36H38F4N4O6S. The molecule has 15 heteroatoms. The Hall–Kier alpha value is -4.60. The molecule has 2 aliphatic heterocycles. The standard InChI is InChI=1S/C36H38F4N4O4.O2S/c1-24-5-7-25(8-6-24)22-43-15-17-44(18-16-43)34(46)27-9-10-31-28(20-27)21-32(47-31)33(45)41-29-11-13-42(14-12-29)23-26-3-2-4-30(19-26)48-36(39,40)35(37)38;1-3-2/h2-10,19-21,29,35H,11-18,22-23H2,1H3,(H,41,45);. The van der Waals surface area contributed by atoms with Gasteiger partial charge in [-0.3, -0.25) is 19.4 Å². The summed E-state index contributed by atoms with van der Waals surface area (Å²) in [6.07, 6.45) is -7.18. The molecule has 0 atom stereocenters. The van der Waals surface area contributed by atoms with Gasteiger partial charge >= 0.3 is 24.1 Å². The Balaban J connectivity index is 0.00000162. The summed E-state index contributed by atoms with van der Waals surface area (Å²) in [5.74, 6) is -0.544. The van der Waals surface area contributed by atoms with Crippen LogP contribution < -0.4 is 10.1 Å². The zero-order chi connectivity index (χ0) is 36.5. The van der Waals surface area contributed by atoms with Crippen LogP contribution in [0, 0.1) is 6.92 Å². The van der Waals surface area contributed by atoms with E-state index in [2.05, 4.69) is 51.0 Å². The number of amides is 2. The first-order chi connectivity index (χ1) is 24.4. The molecule has 0 aliphatic carbocycles. The van der Waals surface area contributed by atoms with Crippen molar-refractivity contribution in [1.29, 1.82) is 0 Å². The van der Waals surface area contributed by atoms with Gasteiger partial charge in [0.05, 0.1) is 0 Å². The number of nitrogens with one attached hydrogen (secondary N) is 1. The van der Waals surface area contributed by atoms with Gasteiger partial charge in [0, 0.05) is 69.3 Å². The molecule has 1 N–H and O–H groups in total. The van der Waals surface area contributed by atoms with Crippen molar-refractivity contribution in [3.63, 3.8) is 0 Å². The van der Waals surface area contributed by atoms with E-state index in [9.17, 15) is 27.2 Å². The van der Waals surface area contributed by atoms with Crippen molar-refractivity contribution in [2.24, 2.45) is 0 Å². The number of furan rings is 1. The molecular weight excluding hydrogens is 692 g/mol. The van der Waals surface area contributed by atoms with E-state index < -0.39 is 24.1 Å². The van der Waals surface area contributed by atoms with Gasteiger partial charge in [-0.1, -0.05) is 42.0 Å². The fraction of sp³-hybridized carbons (Fsp3) is 0.389. The molecule has 0 bridgehead atoms. The molecule has 0 unspecified atom stereocenters. The number of benzene rings is 3. The second kappa shape index (κ2) is 17.1. The molecule has 0 saturated carbocycles. The largest absolute Gasteiger partial charge is 0.461 e. The van der Waals surface area contributed by atoms with Crippen LogP contribution >= 0.6 is 0 Å². The van der Waals surface area contributed by atoms with Gasteiger partial charge in [0.15, 0.2) is 5.76 Å². The van der Waals surface area contributed by atoms with E-state index in [1.807, 2.05) is 4.90 Å². The smallest absolute Gasteiger partial charge is 0.451 e. The maximum atomic E-state index is 13.3. The lowest BCUT2D eigenvalue weighted by Crippen LogP contribution is -2.48. The van der Waals surface area contributed by atoms with Crippen LogP contribution in [0.15, 0.2) is 77.2 Å². The number of hydrogen-bond acceptors (Lipinski definition) is 8. The van der Waals surface area contributed by atoms with Crippen molar-refractivity contribution in [3.05, 3.63) is 101 Å². The van der Waals surface area contributed by atoms with E-state index in [1.54, 1.807) is 30.3 Å². The number of alkyl halides is 4. The lowest BCUT2D eigenvalue weighted by molar-refractivity contribution is -0.253. The summed E-state index contributed by atoms with van der Waals surface area (Å²) in [6.45, 7) is 7.49. The monoisotopic (exact) mass is 730 g/mol. The number of piperazine rings is 1. The lowest BCUT2D eigenvalue weighted by Gasteiger charge is -2.34. The molecule has 2 saturated heterocycles. The summed E-state index contributed by atoms with van der Waals surface area (Å²) in [5, 5.41) is 3.70. The first-order valence-electron chi connectivity index (χ1n) is 16.4. The lowest BCUT2D eigenvalue weighted by atomic mass is 10.0. The predicted octanol–water partition coefficient (Wildman–Crippen LogP) is 5.66. The van der Waals surface area contributed by atoms with Gasteiger partial charge in [0.2, 0.25) is 0 Å². The molecule has 1 aromatic heterocycles. The number of piperidine rings is 1. The number of carbonyl (C=O) groups is 2. The average Bonchev–Trinajstić information content (AvgIpc) is 3.54. The highest BCUT2D eigenvalue weighted by molar-refractivity contribution is 7.51. The maximum absolute atomic E-state index is 13.3. The number of halogens is 4. The number of hydrogen-bond donors (Lipinski definition) is 1. The van der Waals surface area contributed by atoms with Gasteiger partial charge in [-0.05, 0) is 67.3 Å². The zero-order valence-corrected chi connectivity index (χ0v) is 28.7. The van der Waals surface area contributed by atoms with Gasteiger partial charge in [0.1, 0.15) is 11.3 Å². The summed E-state index contributed by atoms with van der Waals surface area (Å²) < 4.78 is 78.2. The topological polar surface area (TPSA) is 112 Å². The Kier molecular flexibility index (Phi) is 12.6. The van der Waals surface area contributed by atoms with E-state index in [0.29, 0.717) is 67.7 Å². The number of carbonyl (C=O) groups excluding carboxylic acids is 2. The van der Waals surface area contributed by atoms with Crippen molar-refractivity contribution >= 4 is 34.4 Å². The third-order valence-corrected chi connectivity index (χ3v) is 8.91. The average molecular weight is 731 g/mol. The van der Waals surface area contributed by atoms with Crippen molar-refractivity contribution in [3.8, 4) is 5.75 Å². The molecule has 4 aromatic rings. The molecule has 272 valence electrons. The van der Waals surface area contributed by atoms with Crippen LogP contribution in [0.2, 0.25) is 0 Å². The Morgan fingerprint density at radius 3 is 2.20 bits per heavy atom. The molecule has 2 fully saturated rings. The Morgan fingerprint density at radius 1 is 0.882 bits per heavy atom. The van der Waals surface area contributed by atoms with E-state index in [1.165, 1.54) is 29.3 Å². The van der Waals surface area contributed by atoms with E-state index in [-0.39, 0.29) is 29.4 Å². The molecule has 0 radical (unpaired) electrons. The zero-order valence-electron chi connectivity index (χ0n) is 27.9. The Morgan fingerprint density at radius 2 is 1.53 bits per heavy atom. The van der Waals surface area contributed by atoms with Crippen molar-refractivity contribution < 1.29 is 44.7 Å². The number of aryl methyl sites for hydroxylation is 1. The first-order valence-corrected chi connectivity index (χ1v) is 17.1. The fourth-order valence-electron chi connectivity index (χ4n) is 6.19. The van der Waals surface area contributed by atoms with Gasteiger partial charge < -0.3 is 19.4 Å². The highest BCUT2D eigenvalue weighted by Gasteiger charge is 2.44. The van der Waals surface area contributed by atoms with Crippen LogP contribution in [0.5, 0.6) is 5.75 Å². The number of fused-ring (bicyclic) bond motifs is 1. The minimum atomic E-state index is -4.56. The number of likely N-dealkylation sites (tertiary alicyclic amines) is 1. The molecule has 2 amide bonds. The third kappa shape index (κ3) is 10.2. The van der Waals surface area contributed by atoms with Crippen molar-refractivity contribution in [2.45, 2.75) is 51.4 Å². The van der Waals surface area contributed by atoms with Crippen molar-refractivity contribution in [2.75, 3.05) is 39.3 Å². The molecule has 3 heterocycles. The highest BCUT2D eigenvalue weighted by Crippen LogP contribution is 2.29. The highest BCUT2D eigenvalue weighted by atomic mass is 32.1. The maximum Gasteiger partial charge on any atom is 0.461 e. The summed E-state index contributed by atoms with van der Waals surface area (Å²) >= 11 is -0.750. The SMILES string of the molecule is Cc1ccc(CN2CCN(C(=O)c3ccc4oc(C(=O)NC5CCN(Cc6cccc(OC(F)(F)C(F)F)c6)CC5)cc4c3)CC2)cc1.O=S=O. The van der Waals surface area contributed by atoms with Crippen LogP contribution in [0.1, 0.15) is 50.4 Å². The Bertz CT molecular complexity index is 1830. The van der Waals surface area contributed by atoms with Gasteiger partial charge in [-0.15, -0.1) is 0 Å². The summed E-state index contributed by atoms with van der Waals surface area (Å²) in [5.41, 5.74) is 4.22. The minimum Gasteiger partial charge on any atom is -0.451 e. The minimum absolute atomic E-state index is 0.0452. The van der Waals surface area contributed by atoms with Crippen LogP contribution in [0.3, 0.4) is 0 Å². The summed E-state index contributed by atoms with van der Waals surface area (Å²) in [6, 6.07) is 21.1. The van der Waals surface area contributed by atoms with Gasteiger partial charge in [-0.25, -0.2) is 0 Å². The molecule has 6 rings (SSSR count). The second-order valence-electron chi connectivity index (χ2n) is 12.6.